The van der Waals surface area contributed by atoms with Gasteiger partial charge in [0.2, 0.25) is 0 Å². The zero-order chi connectivity index (χ0) is 13.3. The summed E-state index contributed by atoms with van der Waals surface area (Å²) < 4.78 is 6.09. The number of Topliss-reactive ketones (excluding diaryl/α,β-unsaturated/α-hetero) is 1. The standard InChI is InChI=1S/C16H27NO2/c17-16(9-4-5-10-16)14(18)13-6-11-19-15(12-13)7-2-1-3-8-15/h13H,1-12,17H2. The molecule has 2 saturated carbocycles. The molecule has 1 atom stereocenters. The van der Waals surface area contributed by atoms with Crippen LogP contribution in [0, 0.1) is 5.92 Å². The Kier molecular flexibility index (Phi) is 3.69. The number of ketones is 1. The molecule has 0 bridgehead atoms. The van der Waals surface area contributed by atoms with Crippen molar-refractivity contribution in [1.29, 1.82) is 0 Å². The molecule has 0 aromatic carbocycles. The van der Waals surface area contributed by atoms with Crippen molar-refractivity contribution in [2.45, 2.75) is 81.8 Å². The molecule has 3 rings (SSSR count). The molecule has 3 heteroatoms. The number of carbonyl (C=O) groups excluding carboxylic acids is 1. The molecule has 1 unspecified atom stereocenters. The number of nitrogens with two attached hydrogens (primary N) is 1. The second-order valence-corrected chi connectivity index (χ2v) is 7.01. The summed E-state index contributed by atoms with van der Waals surface area (Å²) in [6.45, 7) is 0.756. The summed E-state index contributed by atoms with van der Waals surface area (Å²) in [6.07, 6.45) is 12.0. The van der Waals surface area contributed by atoms with Crippen LogP contribution in [0.4, 0.5) is 0 Å². The van der Waals surface area contributed by atoms with Crippen LogP contribution in [0.2, 0.25) is 0 Å². The monoisotopic (exact) mass is 265 g/mol. The summed E-state index contributed by atoms with van der Waals surface area (Å²) in [4.78, 5) is 12.8. The third kappa shape index (κ3) is 2.59. The highest BCUT2D eigenvalue weighted by Crippen LogP contribution is 2.43. The second-order valence-electron chi connectivity index (χ2n) is 7.01. The molecule has 1 heterocycles. The smallest absolute Gasteiger partial charge is 0.155 e. The molecule has 1 spiro atoms. The third-order valence-electron chi connectivity index (χ3n) is 5.62. The van der Waals surface area contributed by atoms with E-state index in [1.807, 2.05) is 0 Å². The van der Waals surface area contributed by atoms with Crippen molar-refractivity contribution >= 4 is 5.78 Å². The maximum Gasteiger partial charge on any atom is 0.155 e. The van der Waals surface area contributed by atoms with Gasteiger partial charge >= 0.3 is 0 Å². The minimum Gasteiger partial charge on any atom is -0.375 e. The number of hydrogen-bond acceptors (Lipinski definition) is 3. The quantitative estimate of drug-likeness (QED) is 0.835. The summed E-state index contributed by atoms with van der Waals surface area (Å²) in [5.41, 5.74) is 5.88. The Balaban J connectivity index is 1.69. The van der Waals surface area contributed by atoms with Crippen LogP contribution in [0.25, 0.3) is 0 Å². The molecule has 0 radical (unpaired) electrons. The van der Waals surface area contributed by atoms with Gasteiger partial charge in [-0.1, -0.05) is 32.1 Å². The van der Waals surface area contributed by atoms with Crippen LogP contribution in [0.3, 0.4) is 0 Å². The number of rotatable bonds is 2. The van der Waals surface area contributed by atoms with Crippen molar-refractivity contribution in [2.75, 3.05) is 6.61 Å². The predicted octanol–water partition coefficient (Wildman–Crippen LogP) is 2.96. The van der Waals surface area contributed by atoms with Crippen LogP contribution < -0.4 is 5.73 Å². The number of hydrogen-bond donors (Lipinski definition) is 1. The third-order valence-corrected chi connectivity index (χ3v) is 5.62. The van der Waals surface area contributed by atoms with Gasteiger partial charge in [0, 0.05) is 12.5 Å². The highest BCUT2D eigenvalue weighted by atomic mass is 16.5. The van der Waals surface area contributed by atoms with E-state index in [9.17, 15) is 4.79 Å². The predicted molar refractivity (Wildman–Crippen MR) is 74.9 cm³/mol. The number of carbonyl (C=O) groups is 1. The lowest BCUT2D eigenvalue weighted by molar-refractivity contribution is -0.147. The fourth-order valence-electron chi connectivity index (χ4n) is 4.45. The van der Waals surface area contributed by atoms with Crippen LogP contribution in [-0.2, 0) is 9.53 Å². The molecule has 3 nitrogen and oxygen atoms in total. The normalized spacial score (nSPS) is 33.4. The van der Waals surface area contributed by atoms with E-state index in [1.54, 1.807) is 0 Å². The molecule has 0 aromatic heterocycles. The van der Waals surface area contributed by atoms with Crippen LogP contribution in [0.5, 0.6) is 0 Å². The summed E-state index contributed by atoms with van der Waals surface area (Å²) in [6, 6.07) is 0. The van der Waals surface area contributed by atoms with E-state index < -0.39 is 5.54 Å². The summed E-state index contributed by atoms with van der Waals surface area (Å²) in [5.74, 6) is 0.508. The lowest BCUT2D eigenvalue weighted by Crippen LogP contribution is -2.52. The van der Waals surface area contributed by atoms with Crippen molar-refractivity contribution in [3.63, 3.8) is 0 Å². The number of ether oxygens (including phenoxy) is 1. The van der Waals surface area contributed by atoms with Gasteiger partial charge in [0.15, 0.2) is 5.78 Å². The van der Waals surface area contributed by atoms with Gasteiger partial charge in [0.25, 0.3) is 0 Å². The van der Waals surface area contributed by atoms with Gasteiger partial charge in [-0.15, -0.1) is 0 Å². The lowest BCUT2D eigenvalue weighted by Gasteiger charge is -2.44. The highest BCUT2D eigenvalue weighted by molar-refractivity contribution is 5.90. The van der Waals surface area contributed by atoms with Gasteiger partial charge < -0.3 is 10.5 Å². The van der Waals surface area contributed by atoms with E-state index in [0.717, 1.165) is 58.0 Å². The Morgan fingerprint density at radius 1 is 1.00 bits per heavy atom. The molecule has 19 heavy (non-hydrogen) atoms. The topological polar surface area (TPSA) is 52.3 Å². The Labute approximate surface area is 116 Å². The van der Waals surface area contributed by atoms with Gasteiger partial charge in [-0.2, -0.15) is 0 Å². The molecule has 1 aliphatic heterocycles. The van der Waals surface area contributed by atoms with E-state index >= 15 is 0 Å². The SMILES string of the molecule is NC1(C(=O)C2CCOC3(CCCCC3)C2)CCCC1. The van der Waals surface area contributed by atoms with E-state index in [-0.39, 0.29) is 11.5 Å². The van der Waals surface area contributed by atoms with Crippen molar-refractivity contribution in [3.05, 3.63) is 0 Å². The molecule has 108 valence electrons. The van der Waals surface area contributed by atoms with Gasteiger partial charge in [0.05, 0.1) is 11.1 Å². The van der Waals surface area contributed by atoms with E-state index in [2.05, 4.69) is 0 Å². The van der Waals surface area contributed by atoms with Crippen LogP contribution in [0.15, 0.2) is 0 Å². The lowest BCUT2D eigenvalue weighted by atomic mass is 9.72. The molecule has 3 aliphatic rings. The highest BCUT2D eigenvalue weighted by Gasteiger charge is 2.46. The van der Waals surface area contributed by atoms with Gasteiger partial charge in [0.1, 0.15) is 0 Å². The maximum absolute atomic E-state index is 12.8. The first-order valence-electron chi connectivity index (χ1n) is 8.11. The zero-order valence-corrected chi connectivity index (χ0v) is 12.0. The molecule has 2 aliphatic carbocycles. The molecular formula is C16H27NO2. The molecule has 3 fully saturated rings. The van der Waals surface area contributed by atoms with E-state index in [0.29, 0.717) is 5.78 Å². The van der Waals surface area contributed by atoms with Crippen LogP contribution in [-0.4, -0.2) is 23.5 Å². The minimum absolute atomic E-state index is 0.0196. The fraction of sp³-hybridized carbons (Fsp3) is 0.938. The Morgan fingerprint density at radius 3 is 2.32 bits per heavy atom. The van der Waals surface area contributed by atoms with E-state index in [4.69, 9.17) is 10.5 Å². The summed E-state index contributed by atoms with van der Waals surface area (Å²) in [7, 11) is 0. The average molecular weight is 265 g/mol. The van der Waals surface area contributed by atoms with Crippen molar-refractivity contribution in [1.82, 2.24) is 0 Å². The molecule has 0 aromatic rings. The van der Waals surface area contributed by atoms with Crippen LogP contribution >= 0.6 is 0 Å². The van der Waals surface area contributed by atoms with Gasteiger partial charge in [-0.05, 0) is 38.5 Å². The van der Waals surface area contributed by atoms with Crippen LogP contribution in [0.1, 0.15) is 70.6 Å². The fourth-order valence-corrected chi connectivity index (χ4v) is 4.45. The van der Waals surface area contributed by atoms with Crippen molar-refractivity contribution in [3.8, 4) is 0 Å². The molecule has 1 saturated heterocycles. The largest absolute Gasteiger partial charge is 0.375 e. The van der Waals surface area contributed by atoms with E-state index in [1.165, 1.54) is 19.3 Å². The Bertz CT molecular complexity index is 335. The second kappa shape index (κ2) is 5.17. The molecule has 0 amide bonds. The minimum atomic E-state index is -0.502. The first kappa shape index (κ1) is 13.6. The molecular weight excluding hydrogens is 238 g/mol. The van der Waals surface area contributed by atoms with Gasteiger partial charge in [-0.25, -0.2) is 0 Å². The Morgan fingerprint density at radius 2 is 1.63 bits per heavy atom. The molecule has 2 N–H and O–H groups in total. The summed E-state index contributed by atoms with van der Waals surface area (Å²) in [5, 5.41) is 0. The van der Waals surface area contributed by atoms with Crippen molar-refractivity contribution < 1.29 is 9.53 Å². The van der Waals surface area contributed by atoms with Crippen molar-refractivity contribution in [2.24, 2.45) is 11.7 Å². The van der Waals surface area contributed by atoms with Gasteiger partial charge in [-0.3, -0.25) is 4.79 Å². The maximum atomic E-state index is 12.8. The average Bonchev–Trinajstić information content (AvgIpc) is 2.87. The first-order chi connectivity index (χ1) is 9.14. The Hall–Kier alpha value is -0.410. The first-order valence-corrected chi connectivity index (χ1v) is 8.11. The summed E-state index contributed by atoms with van der Waals surface area (Å²) >= 11 is 0. The zero-order valence-electron chi connectivity index (χ0n) is 12.0.